The van der Waals surface area contributed by atoms with Crippen LogP contribution in [0.1, 0.15) is 58.9 Å². The summed E-state index contributed by atoms with van der Waals surface area (Å²) in [4.78, 5) is 24.1. The van der Waals surface area contributed by atoms with Crippen molar-refractivity contribution in [2.45, 2.75) is 65.0 Å². The molecule has 0 spiro atoms. The van der Waals surface area contributed by atoms with Crippen LogP contribution in [0.15, 0.2) is 36.5 Å². The number of fused-ring (bicyclic) bond motifs is 1. The normalized spacial score (nSPS) is 15.8. The highest BCUT2D eigenvalue weighted by molar-refractivity contribution is 5.72. The van der Waals surface area contributed by atoms with E-state index in [1.807, 2.05) is 39.5 Å². The zero-order valence-corrected chi connectivity index (χ0v) is 24.4. The predicted molar refractivity (Wildman–Crippen MR) is 152 cm³/mol. The Morgan fingerprint density at radius 3 is 2.43 bits per heavy atom. The molecule has 0 aliphatic carbocycles. The molecule has 1 fully saturated rings. The summed E-state index contributed by atoms with van der Waals surface area (Å²) in [6.07, 6.45) is 1.76. The van der Waals surface area contributed by atoms with Gasteiger partial charge in [-0.05, 0) is 77.1 Å². The van der Waals surface area contributed by atoms with Gasteiger partial charge in [0.2, 0.25) is 0 Å². The Morgan fingerprint density at radius 2 is 1.76 bits per heavy atom. The van der Waals surface area contributed by atoms with Crippen LogP contribution in [0.3, 0.4) is 0 Å². The number of piperidine rings is 1. The molecule has 2 aliphatic heterocycles. The third-order valence-electron chi connectivity index (χ3n) is 7.30. The van der Waals surface area contributed by atoms with Crippen molar-refractivity contribution in [1.82, 2.24) is 14.9 Å². The molecule has 11 heteroatoms. The summed E-state index contributed by atoms with van der Waals surface area (Å²) in [6, 6.07) is 7.14. The number of halogens is 3. The minimum Gasteiger partial charge on any atom is -0.486 e. The van der Waals surface area contributed by atoms with Crippen LogP contribution in [0, 0.1) is 17.5 Å². The van der Waals surface area contributed by atoms with Crippen molar-refractivity contribution >= 4 is 11.8 Å². The number of carbonyl (C=O) groups is 1. The third-order valence-corrected chi connectivity index (χ3v) is 7.30. The number of hydrogen-bond donors (Lipinski definition) is 0. The number of aromatic nitrogens is 2. The maximum absolute atomic E-state index is 15.2. The third kappa shape index (κ3) is 6.39. The summed E-state index contributed by atoms with van der Waals surface area (Å²) in [6.45, 7) is 11.3. The van der Waals surface area contributed by atoms with Crippen molar-refractivity contribution in [2.75, 3.05) is 31.1 Å². The molecule has 1 amide bonds. The number of likely N-dealkylation sites (tertiary alicyclic amines) is 1. The number of hydrogen-bond acceptors (Lipinski definition) is 7. The number of benzene rings is 2. The molecule has 0 radical (unpaired) electrons. The van der Waals surface area contributed by atoms with Crippen LogP contribution in [-0.4, -0.2) is 58.8 Å². The Balaban J connectivity index is 1.31. The summed E-state index contributed by atoms with van der Waals surface area (Å²) in [5.41, 5.74) is 0.511. The summed E-state index contributed by atoms with van der Waals surface area (Å²) in [7, 11) is 0. The Hall–Kier alpha value is -4.02. The molecule has 1 saturated heterocycles. The van der Waals surface area contributed by atoms with Gasteiger partial charge in [0, 0.05) is 30.8 Å². The van der Waals surface area contributed by atoms with Crippen molar-refractivity contribution in [3.05, 3.63) is 59.5 Å². The fourth-order valence-electron chi connectivity index (χ4n) is 5.28. The van der Waals surface area contributed by atoms with Gasteiger partial charge in [0.1, 0.15) is 29.5 Å². The van der Waals surface area contributed by atoms with E-state index >= 15 is 4.39 Å². The van der Waals surface area contributed by atoms with Gasteiger partial charge in [0.15, 0.2) is 17.4 Å². The van der Waals surface area contributed by atoms with E-state index in [4.69, 9.17) is 14.2 Å². The van der Waals surface area contributed by atoms with Gasteiger partial charge >= 0.3 is 12.1 Å². The zero-order valence-electron chi connectivity index (χ0n) is 24.4. The van der Waals surface area contributed by atoms with E-state index in [-0.39, 0.29) is 46.8 Å². The first-order chi connectivity index (χ1) is 19.9. The zero-order chi connectivity index (χ0) is 30.2. The summed E-state index contributed by atoms with van der Waals surface area (Å²) >= 11 is 0. The molecule has 0 N–H and O–H groups in total. The molecule has 1 aromatic heterocycles. The molecule has 2 aromatic carbocycles. The van der Waals surface area contributed by atoms with Gasteiger partial charge in [-0.25, -0.2) is 22.9 Å². The largest absolute Gasteiger partial charge is 0.486 e. The van der Waals surface area contributed by atoms with E-state index in [0.717, 1.165) is 6.20 Å². The van der Waals surface area contributed by atoms with E-state index in [1.165, 1.54) is 12.1 Å². The maximum Gasteiger partial charge on any atom is 0.410 e. The van der Waals surface area contributed by atoms with Crippen molar-refractivity contribution in [3.8, 4) is 28.8 Å². The quantitative estimate of drug-likeness (QED) is 0.317. The van der Waals surface area contributed by atoms with Crippen molar-refractivity contribution in [1.29, 1.82) is 0 Å². The van der Waals surface area contributed by atoms with Gasteiger partial charge in [-0.3, -0.25) is 0 Å². The van der Waals surface area contributed by atoms with Gasteiger partial charge in [0.25, 0.3) is 0 Å². The predicted octanol–water partition coefficient (Wildman–Crippen LogP) is 7.07. The number of rotatable bonds is 5. The number of anilines is 1. The van der Waals surface area contributed by atoms with Crippen molar-refractivity contribution < 1.29 is 32.2 Å². The minimum absolute atomic E-state index is 0.0697. The summed E-state index contributed by atoms with van der Waals surface area (Å²) < 4.78 is 61.7. The molecule has 3 heterocycles. The van der Waals surface area contributed by atoms with Crippen LogP contribution < -0.4 is 14.4 Å². The summed E-state index contributed by atoms with van der Waals surface area (Å²) in [5, 5.41) is 0. The Morgan fingerprint density at radius 1 is 1.02 bits per heavy atom. The van der Waals surface area contributed by atoms with Crippen molar-refractivity contribution in [3.63, 3.8) is 0 Å². The second-order valence-corrected chi connectivity index (χ2v) is 11.8. The molecule has 5 rings (SSSR count). The smallest absolute Gasteiger partial charge is 0.410 e. The lowest BCUT2D eigenvalue weighted by Crippen LogP contribution is -2.41. The second kappa shape index (κ2) is 11.7. The average molecular weight is 585 g/mol. The lowest BCUT2D eigenvalue weighted by Gasteiger charge is -2.34. The van der Waals surface area contributed by atoms with E-state index in [1.54, 1.807) is 23.1 Å². The first-order valence-electron chi connectivity index (χ1n) is 14.1. The Kier molecular flexibility index (Phi) is 8.21. The van der Waals surface area contributed by atoms with Crippen LogP contribution >= 0.6 is 0 Å². The van der Waals surface area contributed by atoms with E-state index in [2.05, 4.69) is 9.97 Å². The molecule has 0 saturated carbocycles. The molecule has 0 atom stereocenters. The monoisotopic (exact) mass is 584 g/mol. The number of carbonyl (C=O) groups excluding carboxylic acids is 1. The molecular weight excluding hydrogens is 549 g/mol. The molecule has 8 nitrogen and oxygen atoms in total. The first kappa shape index (κ1) is 29.5. The fourth-order valence-corrected chi connectivity index (χ4v) is 5.28. The van der Waals surface area contributed by atoms with Gasteiger partial charge in [-0.15, -0.1) is 0 Å². The highest BCUT2D eigenvalue weighted by Gasteiger charge is 2.29. The van der Waals surface area contributed by atoms with E-state index in [9.17, 15) is 13.6 Å². The molecule has 42 heavy (non-hydrogen) atoms. The highest BCUT2D eigenvalue weighted by atomic mass is 19.1. The number of ether oxygens (including phenoxy) is 3. The molecule has 2 aliphatic rings. The molecule has 224 valence electrons. The lowest BCUT2D eigenvalue weighted by molar-refractivity contribution is 0.0204. The highest BCUT2D eigenvalue weighted by Crippen LogP contribution is 2.40. The Labute approximate surface area is 243 Å². The maximum atomic E-state index is 15.2. The first-order valence-corrected chi connectivity index (χ1v) is 14.1. The topological polar surface area (TPSA) is 77.0 Å². The lowest BCUT2D eigenvalue weighted by atomic mass is 9.89. The standard InChI is InChI=1S/C31H35F3N4O4/c1-18(2)38-12-13-40-28-24(33)14-20(15-26(28)38)27-25(34)17-35-29(36-27)41-21-6-7-22(23(32)16-21)19-8-10-37(11-9-19)30(39)42-31(3,4)5/h6-7,14-19H,8-13H2,1-5H3. The van der Waals surface area contributed by atoms with E-state index < -0.39 is 23.1 Å². The molecule has 0 bridgehead atoms. The van der Waals surface area contributed by atoms with Crippen LogP contribution in [0.5, 0.6) is 17.5 Å². The van der Waals surface area contributed by atoms with Gasteiger partial charge in [-0.2, -0.15) is 4.98 Å². The molecule has 0 unspecified atom stereocenters. The van der Waals surface area contributed by atoms with Crippen LogP contribution in [0.25, 0.3) is 11.3 Å². The minimum atomic E-state index is -0.756. The number of nitrogens with zero attached hydrogens (tertiary/aromatic N) is 4. The van der Waals surface area contributed by atoms with Gasteiger partial charge in [-0.1, -0.05) is 6.07 Å². The summed E-state index contributed by atoms with van der Waals surface area (Å²) in [5.74, 6) is -1.65. The second-order valence-electron chi connectivity index (χ2n) is 11.8. The van der Waals surface area contributed by atoms with Crippen LogP contribution in [0.4, 0.5) is 23.7 Å². The van der Waals surface area contributed by atoms with E-state index in [0.29, 0.717) is 50.3 Å². The van der Waals surface area contributed by atoms with Crippen LogP contribution in [-0.2, 0) is 4.74 Å². The molecule has 3 aromatic rings. The van der Waals surface area contributed by atoms with Crippen LogP contribution in [0.2, 0.25) is 0 Å². The SMILES string of the molecule is CC(C)N1CCOc2c(F)cc(-c3nc(Oc4ccc(C5CCN(C(=O)OC(C)(C)C)CC5)c(F)c4)ncc3F)cc21. The average Bonchev–Trinajstić information content (AvgIpc) is 2.93. The molecular formula is C31H35F3N4O4. The fraction of sp³-hybridized carbons (Fsp3) is 0.452. The van der Waals surface area contributed by atoms with Gasteiger partial charge < -0.3 is 24.0 Å². The van der Waals surface area contributed by atoms with Crippen molar-refractivity contribution in [2.24, 2.45) is 0 Å². The Bertz CT molecular complexity index is 1470. The number of amides is 1. The van der Waals surface area contributed by atoms with Gasteiger partial charge in [0.05, 0.1) is 18.4 Å².